The van der Waals surface area contributed by atoms with Crippen molar-refractivity contribution >= 4 is 17.9 Å². The second kappa shape index (κ2) is 23.8. The van der Waals surface area contributed by atoms with Gasteiger partial charge in [-0.1, -0.05) is 65.3 Å². The summed E-state index contributed by atoms with van der Waals surface area (Å²) < 4.78 is 57.0. The Labute approximate surface area is 319 Å². The van der Waals surface area contributed by atoms with Crippen LogP contribution in [0.5, 0.6) is 0 Å². The lowest BCUT2D eigenvalue weighted by Crippen LogP contribution is -2.53. The molecule has 0 aromatic heterocycles. The molecule has 4 aliphatic carbocycles. The number of rotatable bonds is 10. The summed E-state index contributed by atoms with van der Waals surface area (Å²) in [6.45, 7) is 18.8. The van der Waals surface area contributed by atoms with Crippen molar-refractivity contribution in [1.82, 2.24) is 0 Å². The molecule has 0 aromatic rings. The van der Waals surface area contributed by atoms with Crippen molar-refractivity contribution in [3.8, 4) is 0 Å². The van der Waals surface area contributed by atoms with Crippen molar-refractivity contribution in [3.63, 3.8) is 0 Å². The third kappa shape index (κ3) is 17.1. The summed E-state index contributed by atoms with van der Waals surface area (Å²) in [5.74, 6) is 1.63. The number of halogens is 3. The largest absolute Gasteiger partial charge is 0.463 e. The van der Waals surface area contributed by atoms with Gasteiger partial charge in [0.2, 0.25) is 0 Å². The maximum atomic E-state index is 12.4. The molecular formula is C42H85F3O7. The molecule has 1 heterocycles. The minimum absolute atomic E-state index is 0. The Morgan fingerprint density at radius 3 is 1.42 bits per heavy atom. The van der Waals surface area contributed by atoms with Gasteiger partial charge in [-0.15, -0.1) is 0 Å². The molecule has 4 bridgehead atoms. The van der Waals surface area contributed by atoms with Crippen LogP contribution in [-0.4, -0.2) is 55.1 Å². The fourth-order valence-corrected chi connectivity index (χ4v) is 6.45. The molecule has 316 valence electrons. The van der Waals surface area contributed by atoms with Gasteiger partial charge in [0, 0.05) is 6.61 Å². The molecule has 2 unspecified atom stereocenters. The molecule has 5 aliphatic rings. The summed E-state index contributed by atoms with van der Waals surface area (Å²) in [6, 6.07) is 0. The molecule has 10 heteroatoms. The molecular weight excluding hydrogens is 673 g/mol. The maximum Gasteiger partial charge on any atom is 0.425 e. The van der Waals surface area contributed by atoms with E-state index in [2.05, 4.69) is 11.7 Å². The first kappa shape index (κ1) is 59.4. The molecule has 1 aliphatic heterocycles. The van der Waals surface area contributed by atoms with Crippen LogP contribution in [0, 0.1) is 34.0 Å². The van der Waals surface area contributed by atoms with Gasteiger partial charge in [0.1, 0.15) is 12.2 Å². The molecule has 1 saturated heterocycles. The van der Waals surface area contributed by atoms with Crippen molar-refractivity contribution in [2.45, 2.75) is 208 Å². The number of hydrogen-bond donors (Lipinski definition) is 0. The molecule has 4 saturated carbocycles. The normalized spacial score (nSPS) is 24.6. The molecule has 0 N–H and O–H groups in total. The Morgan fingerprint density at radius 2 is 1.08 bits per heavy atom. The number of carbonyl (C=O) groups is 3. The third-order valence-electron chi connectivity index (χ3n) is 10.8. The second-order valence-corrected chi connectivity index (χ2v) is 16.0. The van der Waals surface area contributed by atoms with Gasteiger partial charge in [-0.2, -0.15) is 13.2 Å². The van der Waals surface area contributed by atoms with Crippen molar-refractivity contribution in [1.29, 1.82) is 0 Å². The monoisotopic (exact) mass is 759 g/mol. The lowest BCUT2D eigenvalue weighted by Gasteiger charge is -2.56. The molecule has 2 atom stereocenters. The van der Waals surface area contributed by atoms with Gasteiger partial charge in [-0.05, 0) is 137 Å². The van der Waals surface area contributed by atoms with Gasteiger partial charge in [-0.25, -0.2) is 0 Å². The average Bonchev–Trinajstić information content (AvgIpc) is 3.48. The first-order valence-corrected chi connectivity index (χ1v) is 17.4. The first-order chi connectivity index (χ1) is 21.1. The van der Waals surface area contributed by atoms with Gasteiger partial charge >= 0.3 is 24.1 Å². The van der Waals surface area contributed by atoms with E-state index < -0.39 is 23.7 Å². The topological polar surface area (TPSA) is 88.1 Å². The van der Waals surface area contributed by atoms with Crippen molar-refractivity contribution < 1.29 is 46.5 Å². The number of ether oxygens (including phenoxy) is 4. The van der Waals surface area contributed by atoms with Crippen LogP contribution in [0.1, 0.15) is 184 Å². The zero-order valence-electron chi connectivity index (χ0n) is 30.1. The Bertz CT molecular complexity index is 978. The number of alkyl halides is 3. The molecule has 5 fully saturated rings. The van der Waals surface area contributed by atoms with E-state index in [0.29, 0.717) is 13.0 Å². The van der Waals surface area contributed by atoms with Crippen molar-refractivity contribution in [3.05, 3.63) is 0 Å². The zero-order chi connectivity index (χ0) is 35.1. The summed E-state index contributed by atoms with van der Waals surface area (Å²) in [7, 11) is 0. The number of esters is 3. The van der Waals surface area contributed by atoms with Gasteiger partial charge < -0.3 is 18.9 Å². The van der Waals surface area contributed by atoms with E-state index in [0.717, 1.165) is 76.2 Å². The highest BCUT2D eigenvalue weighted by atomic mass is 19.4. The lowest BCUT2D eigenvalue weighted by molar-refractivity contribution is -0.221. The highest BCUT2D eigenvalue weighted by Gasteiger charge is 2.54. The van der Waals surface area contributed by atoms with Crippen LogP contribution < -0.4 is 0 Å². The van der Waals surface area contributed by atoms with Gasteiger partial charge in [0.05, 0.1) is 22.3 Å². The number of carbonyl (C=O) groups excluding carboxylic acids is 3. The van der Waals surface area contributed by atoms with E-state index in [-0.39, 0.29) is 79.0 Å². The minimum Gasteiger partial charge on any atom is -0.463 e. The van der Waals surface area contributed by atoms with E-state index in [1.807, 2.05) is 34.6 Å². The maximum absolute atomic E-state index is 12.4. The molecule has 0 radical (unpaired) electrons. The van der Waals surface area contributed by atoms with Crippen molar-refractivity contribution in [2.75, 3.05) is 13.2 Å². The number of hydrogen-bond acceptors (Lipinski definition) is 7. The third-order valence-corrected chi connectivity index (χ3v) is 10.8. The summed E-state index contributed by atoms with van der Waals surface area (Å²) in [4.78, 5) is 35.2. The fraction of sp³-hybridized carbons (Fsp3) is 0.929. The quantitative estimate of drug-likeness (QED) is 0.162. The molecule has 0 aromatic carbocycles. The van der Waals surface area contributed by atoms with E-state index >= 15 is 0 Å². The Hall–Kier alpha value is -1.84. The predicted octanol–water partition coefficient (Wildman–Crippen LogP) is 12.8. The van der Waals surface area contributed by atoms with Gasteiger partial charge in [0.25, 0.3) is 0 Å². The first-order valence-electron chi connectivity index (χ1n) is 17.4. The van der Waals surface area contributed by atoms with Gasteiger partial charge in [-0.3, -0.25) is 14.4 Å². The van der Waals surface area contributed by atoms with Crippen molar-refractivity contribution in [2.24, 2.45) is 34.0 Å². The van der Waals surface area contributed by atoms with E-state index in [9.17, 15) is 27.6 Å². The average molecular weight is 759 g/mol. The summed E-state index contributed by atoms with van der Waals surface area (Å²) in [6.07, 6.45) is 5.42. The lowest BCUT2D eigenvalue weighted by atomic mass is 9.54. The highest BCUT2D eigenvalue weighted by Crippen LogP contribution is 2.57. The molecule has 52 heavy (non-hydrogen) atoms. The Balaban J connectivity index is -0.000000203. The molecule has 0 spiro atoms. The fourth-order valence-electron chi connectivity index (χ4n) is 6.45. The summed E-state index contributed by atoms with van der Waals surface area (Å²) >= 11 is 0. The van der Waals surface area contributed by atoms with E-state index in [1.54, 1.807) is 20.8 Å². The van der Waals surface area contributed by atoms with E-state index in [1.165, 1.54) is 19.3 Å². The summed E-state index contributed by atoms with van der Waals surface area (Å²) in [5.41, 5.74) is -1.61. The zero-order valence-corrected chi connectivity index (χ0v) is 30.1. The Kier molecular flexibility index (Phi) is 27.2. The van der Waals surface area contributed by atoms with Gasteiger partial charge in [0.15, 0.2) is 6.10 Å². The minimum atomic E-state index is -4.49. The van der Waals surface area contributed by atoms with Crippen LogP contribution in [-0.2, 0) is 33.3 Å². The van der Waals surface area contributed by atoms with Crippen LogP contribution in [0.3, 0.4) is 0 Å². The Morgan fingerprint density at radius 1 is 0.692 bits per heavy atom. The van der Waals surface area contributed by atoms with E-state index in [4.69, 9.17) is 14.2 Å². The van der Waals surface area contributed by atoms with Crippen LogP contribution in [0.4, 0.5) is 13.2 Å². The summed E-state index contributed by atoms with van der Waals surface area (Å²) in [5, 5.41) is 0. The smallest absolute Gasteiger partial charge is 0.425 e. The highest BCUT2D eigenvalue weighted by molar-refractivity contribution is 5.77. The van der Waals surface area contributed by atoms with Crippen LogP contribution in [0.15, 0.2) is 0 Å². The predicted molar refractivity (Wildman–Crippen MR) is 211 cm³/mol. The molecule has 5 rings (SSSR count). The van der Waals surface area contributed by atoms with Crippen LogP contribution in [0.25, 0.3) is 0 Å². The molecule has 7 nitrogen and oxygen atoms in total. The molecule has 0 amide bonds. The standard InChI is InChI=1S/C16H26O2.C11H20O3.C9H15F3O2.6CH4/c1-4-15(2,3)14(17)18-16-8-11-5-12(9-16)7-13(6-11)10-16;1-4-11(2,3)10(12)14-8-9-6-5-7-13-9;1-5-8(3,4)7(13)14-6(2)9(10,11)12;;;;;;/h11-13H,4-10H2,1-3H3;9H,4-8H2,1-3H3;6H,5H2,1-4H3;6*1H4. The van der Waals surface area contributed by atoms with Crippen LogP contribution >= 0.6 is 0 Å². The second-order valence-electron chi connectivity index (χ2n) is 16.0. The van der Waals surface area contributed by atoms with Crippen LogP contribution in [0.2, 0.25) is 0 Å². The SMILES string of the molecule is C.C.C.C.C.C.CCC(C)(C)C(=O)OC(C)C(F)(F)F.CCC(C)(C)C(=O)OC12CC3CC(CC(C3)C1)C2.CCC(C)(C)C(=O)OCC1CCCO1.